The van der Waals surface area contributed by atoms with Crippen molar-refractivity contribution in [3.05, 3.63) is 64.2 Å². The molecule has 156 valence electrons. The summed E-state index contributed by atoms with van der Waals surface area (Å²) in [5.74, 6) is 0.823. The molecule has 0 saturated heterocycles. The second-order valence-electron chi connectivity index (χ2n) is 8.92. The van der Waals surface area contributed by atoms with Crippen molar-refractivity contribution < 1.29 is 14.3 Å². The minimum absolute atomic E-state index is 0.0804. The van der Waals surface area contributed by atoms with Gasteiger partial charge in [-0.3, -0.25) is 9.59 Å². The Bertz CT molecular complexity index is 883. The summed E-state index contributed by atoms with van der Waals surface area (Å²) in [7, 11) is 0. The summed E-state index contributed by atoms with van der Waals surface area (Å²) in [5.41, 5.74) is 4.53. The predicted molar refractivity (Wildman–Crippen MR) is 119 cm³/mol. The van der Waals surface area contributed by atoms with E-state index in [0.717, 1.165) is 47.1 Å². The van der Waals surface area contributed by atoms with Crippen LogP contribution in [0.15, 0.2) is 36.4 Å². The molecule has 0 aliphatic rings. The van der Waals surface area contributed by atoms with E-state index in [2.05, 4.69) is 32.0 Å². The highest BCUT2D eigenvalue weighted by Crippen LogP contribution is 2.40. The molecule has 29 heavy (non-hydrogen) atoms. The third-order valence-corrected chi connectivity index (χ3v) is 6.09. The number of aryl methyl sites for hydroxylation is 2. The highest BCUT2D eigenvalue weighted by molar-refractivity contribution is 5.85. The van der Waals surface area contributed by atoms with Gasteiger partial charge in [0.2, 0.25) is 0 Å². The smallest absolute Gasteiger partial charge is 0.175 e. The zero-order valence-electron chi connectivity index (χ0n) is 18.9. The van der Waals surface area contributed by atoms with Gasteiger partial charge in [-0.25, -0.2) is 0 Å². The molecule has 0 aliphatic carbocycles. The quantitative estimate of drug-likeness (QED) is 0.499. The molecule has 0 aliphatic heterocycles. The number of carbonyl (C=O) groups is 2. The molecule has 0 N–H and O–H groups in total. The fourth-order valence-corrected chi connectivity index (χ4v) is 3.77. The Balaban J connectivity index is 2.41. The monoisotopic (exact) mass is 394 g/mol. The number of rotatable bonds is 8. The van der Waals surface area contributed by atoms with Gasteiger partial charge in [-0.15, -0.1) is 0 Å². The maximum Gasteiger partial charge on any atom is 0.175 e. The van der Waals surface area contributed by atoms with Crippen molar-refractivity contribution in [1.29, 1.82) is 0 Å². The summed E-state index contributed by atoms with van der Waals surface area (Å²) in [6, 6.07) is 12.4. The lowest BCUT2D eigenvalue weighted by Crippen LogP contribution is -2.27. The molecule has 0 fully saturated rings. The Labute approximate surface area is 175 Å². The molecule has 0 saturated carbocycles. The van der Waals surface area contributed by atoms with Gasteiger partial charge in [0.1, 0.15) is 18.6 Å². The van der Waals surface area contributed by atoms with E-state index < -0.39 is 5.41 Å². The van der Waals surface area contributed by atoms with Crippen LogP contribution in [0.2, 0.25) is 0 Å². The number of aldehydes is 1. The molecule has 0 aromatic heterocycles. The van der Waals surface area contributed by atoms with Crippen molar-refractivity contribution in [3.63, 3.8) is 0 Å². The van der Waals surface area contributed by atoms with Crippen molar-refractivity contribution in [2.45, 2.75) is 66.7 Å². The summed E-state index contributed by atoms with van der Waals surface area (Å²) in [4.78, 5) is 23.7. The van der Waals surface area contributed by atoms with E-state index >= 15 is 0 Å². The second-order valence-corrected chi connectivity index (χ2v) is 8.92. The number of benzene rings is 2. The predicted octanol–water partition coefficient (Wildman–Crippen LogP) is 6.22. The molecule has 0 amide bonds. The Kier molecular flexibility index (Phi) is 7.05. The fourth-order valence-electron chi connectivity index (χ4n) is 3.77. The average Bonchev–Trinajstić information content (AvgIpc) is 2.68. The van der Waals surface area contributed by atoms with E-state index in [9.17, 15) is 9.59 Å². The lowest BCUT2D eigenvalue weighted by molar-refractivity contribution is -0.128. The Morgan fingerprint density at radius 1 is 0.931 bits per heavy atom. The molecule has 0 unspecified atom stereocenters. The van der Waals surface area contributed by atoms with Gasteiger partial charge in [-0.2, -0.15) is 0 Å². The first-order valence-electron chi connectivity index (χ1n) is 10.4. The normalized spacial score (nSPS) is 12.0. The largest absolute Gasteiger partial charge is 0.486 e. The standard InChI is InChI=1S/C26H34O3/c1-8-26(9-2,22-11-10-18(3)20(15-22)16-27)21-12-13-23(19(4)14-21)29-17-24(28)25(5,6)7/h10-16H,8-9,17H2,1-7H3. The van der Waals surface area contributed by atoms with Crippen molar-refractivity contribution in [3.8, 4) is 5.75 Å². The van der Waals surface area contributed by atoms with E-state index in [1.807, 2.05) is 52.8 Å². The van der Waals surface area contributed by atoms with Crippen LogP contribution in [0.3, 0.4) is 0 Å². The zero-order valence-corrected chi connectivity index (χ0v) is 18.9. The zero-order chi connectivity index (χ0) is 21.8. The molecule has 0 spiro atoms. The number of ether oxygens (including phenoxy) is 1. The summed E-state index contributed by atoms with van der Waals surface area (Å²) in [6.45, 7) is 14.1. The van der Waals surface area contributed by atoms with Gasteiger partial charge in [0.05, 0.1) is 0 Å². The van der Waals surface area contributed by atoms with Crippen molar-refractivity contribution in [1.82, 2.24) is 0 Å². The summed E-state index contributed by atoms with van der Waals surface area (Å²) >= 11 is 0. The van der Waals surface area contributed by atoms with E-state index in [4.69, 9.17) is 4.74 Å². The molecule has 0 radical (unpaired) electrons. The minimum Gasteiger partial charge on any atom is -0.486 e. The summed E-state index contributed by atoms with van der Waals surface area (Å²) < 4.78 is 5.82. The van der Waals surface area contributed by atoms with Gasteiger partial charge >= 0.3 is 0 Å². The minimum atomic E-state index is -0.408. The Morgan fingerprint density at radius 3 is 2.03 bits per heavy atom. The first-order valence-corrected chi connectivity index (χ1v) is 10.4. The molecule has 2 rings (SSSR count). The van der Waals surface area contributed by atoms with Crippen molar-refractivity contribution >= 4 is 12.1 Å². The summed E-state index contributed by atoms with van der Waals surface area (Å²) in [5, 5.41) is 0. The van der Waals surface area contributed by atoms with Crippen LogP contribution in [0.1, 0.15) is 80.1 Å². The first-order chi connectivity index (χ1) is 13.6. The SMILES string of the molecule is CCC(CC)(c1ccc(OCC(=O)C(C)(C)C)c(C)c1)c1ccc(C)c(C=O)c1. The lowest BCUT2D eigenvalue weighted by Gasteiger charge is -2.34. The maximum atomic E-state index is 12.2. The number of carbonyl (C=O) groups excluding carboxylic acids is 2. The van der Waals surface area contributed by atoms with Crippen molar-refractivity contribution in [2.24, 2.45) is 5.41 Å². The Morgan fingerprint density at radius 2 is 1.52 bits per heavy atom. The molecule has 3 heteroatoms. The third kappa shape index (κ3) is 4.77. The molecule has 3 nitrogen and oxygen atoms in total. The van der Waals surface area contributed by atoms with Crippen LogP contribution in [0.4, 0.5) is 0 Å². The summed E-state index contributed by atoms with van der Waals surface area (Å²) in [6.07, 6.45) is 2.78. The molecule has 0 bridgehead atoms. The van der Waals surface area contributed by atoms with Crippen LogP contribution in [0.5, 0.6) is 5.75 Å². The van der Waals surface area contributed by atoms with Crippen molar-refractivity contribution in [2.75, 3.05) is 6.61 Å². The lowest BCUT2D eigenvalue weighted by atomic mass is 9.70. The van der Waals surface area contributed by atoms with Gasteiger partial charge in [0.25, 0.3) is 0 Å². The van der Waals surface area contributed by atoms with Crippen LogP contribution in [0, 0.1) is 19.3 Å². The van der Waals surface area contributed by atoms with E-state index in [1.165, 1.54) is 5.56 Å². The molecule has 0 heterocycles. The first kappa shape index (κ1) is 22.9. The highest BCUT2D eigenvalue weighted by Gasteiger charge is 2.31. The number of hydrogen-bond donors (Lipinski definition) is 0. The topological polar surface area (TPSA) is 43.4 Å². The molecule has 0 atom stereocenters. The van der Waals surface area contributed by atoms with Crippen LogP contribution in [-0.2, 0) is 10.2 Å². The Hall–Kier alpha value is -2.42. The maximum absolute atomic E-state index is 12.2. The van der Waals surface area contributed by atoms with Gasteiger partial charge in [-0.05, 0) is 61.1 Å². The van der Waals surface area contributed by atoms with Crippen LogP contribution < -0.4 is 4.74 Å². The molecular formula is C26H34O3. The van der Waals surface area contributed by atoms with Crippen LogP contribution in [-0.4, -0.2) is 18.7 Å². The van der Waals surface area contributed by atoms with Gasteiger partial charge in [-0.1, -0.05) is 58.9 Å². The number of Topliss-reactive ketones (excluding diaryl/α,β-unsaturated/α-hetero) is 1. The number of hydrogen-bond acceptors (Lipinski definition) is 3. The van der Waals surface area contributed by atoms with Crippen LogP contribution >= 0.6 is 0 Å². The average molecular weight is 395 g/mol. The van der Waals surface area contributed by atoms with E-state index in [1.54, 1.807) is 0 Å². The molecular weight excluding hydrogens is 360 g/mol. The van der Waals surface area contributed by atoms with E-state index in [0.29, 0.717) is 0 Å². The fraction of sp³-hybridized carbons (Fsp3) is 0.462. The highest BCUT2D eigenvalue weighted by atomic mass is 16.5. The third-order valence-electron chi connectivity index (χ3n) is 6.09. The second kappa shape index (κ2) is 8.94. The van der Waals surface area contributed by atoms with E-state index in [-0.39, 0.29) is 17.8 Å². The number of ketones is 1. The van der Waals surface area contributed by atoms with Gasteiger partial charge in [0, 0.05) is 16.4 Å². The molecule has 2 aromatic rings. The molecule has 2 aromatic carbocycles. The van der Waals surface area contributed by atoms with Gasteiger partial charge in [0.15, 0.2) is 5.78 Å². The van der Waals surface area contributed by atoms with Gasteiger partial charge < -0.3 is 4.74 Å². The van der Waals surface area contributed by atoms with Crippen LogP contribution in [0.25, 0.3) is 0 Å².